The van der Waals surface area contributed by atoms with E-state index in [-0.39, 0.29) is 22.5 Å². The smallest absolute Gasteiger partial charge is 0.271 e. The molecule has 1 aromatic heterocycles. The molecule has 0 radical (unpaired) electrons. The Hall–Kier alpha value is -2.97. The average Bonchev–Trinajstić information content (AvgIpc) is 2.68. The van der Waals surface area contributed by atoms with E-state index in [1.807, 2.05) is 11.0 Å². The Morgan fingerprint density at radius 3 is 2.61 bits per heavy atom. The summed E-state index contributed by atoms with van der Waals surface area (Å²) in [6, 6.07) is 4.97. The number of rotatable bonds is 3. The molecule has 0 aliphatic carbocycles. The number of hydrogen-bond acceptors (Lipinski definition) is 8. The Bertz CT molecular complexity index is 730. The van der Waals surface area contributed by atoms with Crippen molar-refractivity contribution < 1.29 is 4.92 Å². The number of aromatic nitrogens is 3. The van der Waals surface area contributed by atoms with Gasteiger partial charge in [-0.1, -0.05) is 6.07 Å². The summed E-state index contributed by atoms with van der Waals surface area (Å²) < 4.78 is 0. The van der Waals surface area contributed by atoms with Crippen LogP contribution in [-0.2, 0) is 13.0 Å². The molecule has 3 rings (SSSR count). The standard InChI is InChI=1S/C14H17N7O2/c15-13-17-12(18-14(16)19-13)8-20-6-2-1-3-9-4-5-10(21(22)23)7-11(9)20/h4-5,7H,1-3,6,8H2,(H4,15,16,17,18,19). The molecule has 9 heteroatoms. The summed E-state index contributed by atoms with van der Waals surface area (Å²) in [7, 11) is 0. The fourth-order valence-electron chi connectivity index (χ4n) is 2.77. The van der Waals surface area contributed by atoms with Crippen LogP contribution in [0.5, 0.6) is 0 Å². The number of nitro groups is 1. The van der Waals surface area contributed by atoms with Gasteiger partial charge in [-0.2, -0.15) is 15.0 Å². The minimum atomic E-state index is -0.387. The third-order valence-corrected chi connectivity index (χ3v) is 3.79. The van der Waals surface area contributed by atoms with Gasteiger partial charge in [-0.3, -0.25) is 10.1 Å². The van der Waals surface area contributed by atoms with E-state index in [2.05, 4.69) is 15.0 Å². The van der Waals surface area contributed by atoms with Crippen molar-refractivity contribution in [3.8, 4) is 0 Å². The van der Waals surface area contributed by atoms with Gasteiger partial charge in [0.05, 0.1) is 11.5 Å². The van der Waals surface area contributed by atoms with Gasteiger partial charge in [-0.15, -0.1) is 0 Å². The molecule has 0 bridgehead atoms. The van der Waals surface area contributed by atoms with Gasteiger partial charge in [-0.25, -0.2) is 0 Å². The van der Waals surface area contributed by atoms with Gasteiger partial charge < -0.3 is 16.4 Å². The molecule has 0 saturated heterocycles. The molecule has 0 spiro atoms. The number of hydrogen-bond donors (Lipinski definition) is 2. The summed E-state index contributed by atoms with van der Waals surface area (Å²) in [6.45, 7) is 1.14. The van der Waals surface area contributed by atoms with Crippen molar-refractivity contribution in [2.75, 3.05) is 22.9 Å². The molecule has 0 fully saturated rings. The van der Waals surface area contributed by atoms with E-state index in [0.717, 1.165) is 37.1 Å². The van der Waals surface area contributed by atoms with Crippen LogP contribution in [0.2, 0.25) is 0 Å². The predicted octanol–water partition coefficient (Wildman–Crippen LogP) is 1.29. The Labute approximate surface area is 132 Å². The van der Waals surface area contributed by atoms with Gasteiger partial charge in [0.25, 0.3) is 5.69 Å². The van der Waals surface area contributed by atoms with Gasteiger partial charge in [0.2, 0.25) is 11.9 Å². The van der Waals surface area contributed by atoms with Crippen LogP contribution in [0.3, 0.4) is 0 Å². The topological polar surface area (TPSA) is 137 Å². The molecule has 23 heavy (non-hydrogen) atoms. The molecule has 1 aromatic carbocycles. The number of fused-ring (bicyclic) bond motifs is 1. The van der Waals surface area contributed by atoms with E-state index in [4.69, 9.17) is 11.5 Å². The zero-order chi connectivity index (χ0) is 16.4. The van der Waals surface area contributed by atoms with E-state index in [0.29, 0.717) is 12.4 Å². The molecular weight excluding hydrogens is 298 g/mol. The number of nitrogen functional groups attached to an aromatic ring is 2. The number of nitrogens with two attached hydrogens (primary N) is 2. The second kappa shape index (κ2) is 6.03. The lowest BCUT2D eigenvalue weighted by Gasteiger charge is -2.24. The van der Waals surface area contributed by atoms with Gasteiger partial charge >= 0.3 is 0 Å². The van der Waals surface area contributed by atoms with Crippen LogP contribution in [-0.4, -0.2) is 26.4 Å². The molecule has 0 saturated carbocycles. The third-order valence-electron chi connectivity index (χ3n) is 3.79. The van der Waals surface area contributed by atoms with Crippen molar-refractivity contribution in [1.29, 1.82) is 0 Å². The fraction of sp³-hybridized carbons (Fsp3) is 0.357. The molecule has 4 N–H and O–H groups in total. The molecule has 0 unspecified atom stereocenters. The third kappa shape index (κ3) is 3.28. The fourth-order valence-corrected chi connectivity index (χ4v) is 2.77. The van der Waals surface area contributed by atoms with Gasteiger partial charge in [0.15, 0.2) is 5.82 Å². The Morgan fingerprint density at radius 2 is 1.91 bits per heavy atom. The highest BCUT2D eigenvalue weighted by Gasteiger charge is 2.20. The van der Waals surface area contributed by atoms with Crippen molar-refractivity contribution in [2.45, 2.75) is 25.8 Å². The van der Waals surface area contributed by atoms with Crippen LogP contribution in [0.25, 0.3) is 0 Å². The molecule has 9 nitrogen and oxygen atoms in total. The highest BCUT2D eigenvalue weighted by molar-refractivity contribution is 5.60. The molecule has 2 heterocycles. The number of aryl methyl sites for hydroxylation is 1. The van der Waals surface area contributed by atoms with E-state index in [9.17, 15) is 10.1 Å². The first-order valence-electron chi connectivity index (χ1n) is 7.31. The summed E-state index contributed by atoms with van der Waals surface area (Å²) >= 11 is 0. The summed E-state index contributed by atoms with van der Waals surface area (Å²) in [4.78, 5) is 24.6. The number of benzene rings is 1. The lowest BCUT2D eigenvalue weighted by atomic mass is 10.1. The van der Waals surface area contributed by atoms with E-state index in [1.54, 1.807) is 12.1 Å². The average molecular weight is 315 g/mol. The highest BCUT2D eigenvalue weighted by atomic mass is 16.6. The first kappa shape index (κ1) is 14.9. The molecule has 0 amide bonds. The number of nitro benzene ring substituents is 1. The van der Waals surface area contributed by atoms with Crippen molar-refractivity contribution in [3.05, 3.63) is 39.7 Å². The summed E-state index contributed by atoms with van der Waals surface area (Å²) in [6.07, 6.45) is 2.91. The van der Waals surface area contributed by atoms with Crippen LogP contribution in [0, 0.1) is 10.1 Å². The van der Waals surface area contributed by atoms with E-state index < -0.39 is 0 Å². The number of nitrogens with zero attached hydrogens (tertiary/aromatic N) is 5. The summed E-state index contributed by atoms with van der Waals surface area (Å²) in [5, 5.41) is 11.0. The lowest BCUT2D eigenvalue weighted by Crippen LogP contribution is -2.25. The molecule has 0 atom stereocenters. The van der Waals surface area contributed by atoms with Crippen LogP contribution in [0.4, 0.5) is 23.3 Å². The Morgan fingerprint density at radius 1 is 1.17 bits per heavy atom. The molecule has 1 aliphatic heterocycles. The number of anilines is 3. The predicted molar refractivity (Wildman–Crippen MR) is 85.7 cm³/mol. The zero-order valence-corrected chi connectivity index (χ0v) is 12.5. The van der Waals surface area contributed by atoms with E-state index in [1.165, 1.54) is 0 Å². The Balaban J connectivity index is 1.96. The van der Waals surface area contributed by atoms with E-state index >= 15 is 0 Å². The first-order chi connectivity index (χ1) is 11.0. The molecule has 120 valence electrons. The van der Waals surface area contributed by atoms with Crippen molar-refractivity contribution in [2.24, 2.45) is 0 Å². The van der Waals surface area contributed by atoms with Gasteiger partial charge in [-0.05, 0) is 24.8 Å². The zero-order valence-electron chi connectivity index (χ0n) is 12.5. The van der Waals surface area contributed by atoms with Crippen molar-refractivity contribution in [1.82, 2.24) is 15.0 Å². The Kier molecular flexibility index (Phi) is 3.92. The SMILES string of the molecule is Nc1nc(N)nc(CN2CCCCc3ccc([N+](=O)[O-])cc32)n1. The van der Waals surface area contributed by atoms with Gasteiger partial charge in [0.1, 0.15) is 0 Å². The quantitative estimate of drug-likeness (QED) is 0.638. The van der Waals surface area contributed by atoms with Crippen LogP contribution in [0.1, 0.15) is 24.2 Å². The summed E-state index contributed by atoms with van der Waals surface area (Å²) in [5.74, 6) is 0.595. The minimum Gasteiger partial charge on any atom is -0.368 e. The van der Waals surface area contributed by atoms with Gasteiger partial charge in [0, 0.05) is 24.4 Å². The molecular formula is C14H17N7O2. The maximum absolute atomic E-state index is 11.0. The maximum Gasteiger partial charge on any atom is 0.271 e. The maximum atomic E-state index is 11.0. The number of non-ortho nitro benzene ring substituents is 1. The molecule has 2 aromatic rings. The monoisotopic (exact) mass is 315 g/mol. The highest BCUT2D eigenvalue weighted by Crippen LogP contribution is 2.31. The van der Waals surface area contributed by atoms with Crippen LogP contribution in [0.15, 0.2) is 18.2 Å². The first-order valence-corrected chi connectivity index (χ1v) is 7.31. The normalized spacial score (nSPS) is 14.2. The molecule has 1 aliphatic rings. The van der Waals surface area contributed by atoms with Crippen molar-refractivity contribution in [3.63, 3.8) is 0 Å². The second-order valence-corrected chi connectivity index (χ2v) is 5.42. The second-order valence-electron chi connectivity index (χ2n) is 5.42. The largest absolute Gasteiger partial charge is 0.368 e. The minimum absolute atomic E-state index is 0.0709. The summed E-state index contributed by atoms with van der Waals surface area (Å²) in [5.41, 5.74) is 13.2. The van der Waals surface area contributed by atoms with Crippen LogP contribution < -0.4 is 16.4 Å². The van der Waals surface area contributed by atoms with Crippen LogP contribution >= 0.6 is 0 Å². The van der Waals surface area contributed by atoms with Crippen molar-refractivity contribution >= 4 is 23.3 Å². The lowest BCUT2D eigenvalue weighted by molar-refractivity contribution is -0.384.